The van der Waals surface area contributed by atoms with Crippen LogP contribution in [0.15, 0.2) is 23.4 Å². The van der Waals surface area contributed by atoms with Crippen LogP contribution >= 0.6 is 0 Å². The van der Waals surface area contributed by atoms with Crippen LogP contribution in [0.2, 0.25) is 0 Å². The van der Waals surface area contributed by atoms with Gasteiger partial charge in [-0.05, 0) is 24.6 Å². The molecule has 0 aromatic heterocycles. The maximum atomic E-state index is 11.5. The zero-order valence-electron chi connectivity index (χ0n) is 12.1. The molecule has 0 fully saturated rings. The fourth-order valence-corrected chi connectivity index (χ4v) is 1.50. The van der Waals surface area contributed by atoms with Crippen molar-refractivity contribution in [2.24, 2.45) is 5.16 Å². The number of ether oxygens (including phenoxy) is 3. The molecule has 0 unspecified atom stereocenters. The minimum atomic E-state index is -0.670. The van der Waals surface area contributed by atoms with Crippen LogP contribution in [-0.2, 0) is 25.6 Å². The van der Waals surface area contributed by atoms with Crippen LogP contribution in [0.5, 0.6) is 11.5 Å². The third-order valence-electron chi connectivity index (χ3n) is 2.40. The number of carbonyl (C=O) groups excluding carboxylic acids is 2. The van der Waals surface area contributed by atoms with Gasteiger partial charge >= 0.3 is 11.9 Å². The first-order valence-electron chi connectivity index (χ1n) is 6.21. The van der Waals surface area contributed by atoms with Crippen LogP contribution < -0.4 is 9.47 Å². The van der Waals surface area contributed by atoms with E-state index in [9.17, 15) is 9.59 Å². The number of methoxy groups -OCH3 is 2. The molecule has 0 saturated heterocycles. The summed E-state index contributed by atoms with van der Waals surface area (Å²) in [6.45, 7) is 1.89. The highest BCUT2D eigenvalue weighted by atomic mass is 16.7. The van der Waals surface area contributed by atoms with Crippen molar-refractivity contribution in [1.82, 2.24) is 0 Å². The number of rotatable bonds is 7. The summed E-state index contributed by atoms with van der Waals surface area (Å²) in [6.07, 6.45) is 0.788. The van der Waals surface area contributed by atoms with Crippen molar-refractivity contribution < 1.29 is 28.6 Å². The molecule has 0 N–H and O–H groups in total. The Kier molecular flexibility index (Phi) is 6.73. The number of nitrogens with zero attached hydrogens (tertiary/aromatic N) is 1. The normalized spacial score (nSPS) is 10.2. The second kappa shape index (κ2) is 8.57. The highest BCUT2D eigenvalue weighted by Crippen LogP contribution is 2.27. The average molecular weight is 295 g/mol. The van der Waals surface area contributed by atoms with Crippen molar-refractivity contribution in [1.29, 1.82) is 0 Å². The molecule has 7 nitrogen and oxygen atoms in total. The van der Waals surface area contributed by atoms with E-state index in [2.05, 4.69) is 14.7 Å². The molecule has 0 aliphatic heterocycles. The zero-order valence-corrected chi connectivity index (χ0v) is 12.1. The lowest BCUT2D eigenvalue weighted by atomic mass is 10.1. The van der Waals surface area contributed by atoms with E-state index in [0.29, 0.717) is 17.1 Å². The van der Waals surface area contributed by atoms with Gasteiger partial charge in [-0.25, -0.2) is 9.59 Å². The maximum Gasteiger partial charge on any atom is 0.352 e. The first-order valence-corrected chi connectivity index (χ1v) is 6.21. The molecule has 0 spiro atoms. The Bertz CT molecular complexity index is 526. The van der Waals surface area contributed by atoms with Gasteiger partial charge in [0, 0.05) is 0 Å². The van der Waals surface area contributed by atoms with E-state index in [-0.39, 0.29) is 13.0 Å². The molecule has 1 aromatic carbocycles. The van der Waals surface area contributed by atoms with Gasteiger partial charge in [0.1, 0.15) is 0 Å². The summed E-state index contributed by atoms with van der Waals surface area (Å²) in [5, 5.41) is 3.26. The summed E-state index contributed by atoms with van der Waals surface area (Å²) in [7, 11) is 3.03. The van der Waals surface area contributed by atoms with Gasteiger partial charge in [0.15, 0.2) is 17.7 Å². The molecule has 0 atom stereocenters. The van der Waals surface area contributed by atoms with Crippen LogP contribution in [0.4, 0.5) is 0 Å². The van der Waals surface area contributed by atoms with Gasteiger partial charge in [0.25, 0.3) is 0 Å². The van der Waals surface area contributed by atoms with Crippen molar-refractivity contribution >= 4 is 18.2 Å². The number of oxime groups is 1. The Morgan fingerprint density at radius 3 is 2.52 bits per heavy atom. The topological polar surface area (TPSA) is 83.4 Å². The molecule has 0 bridgehead atoms. The molecule has 1 rings (SSSR count). The van der Waals surface area contributed by atoms with E-state index < -0.39 is 11.9 Å². The Balaban J connectivity index is 2.57. The Hall–Kier alpha value is -2.57. The van der Waals surface area contributed by atoms with Gasteiger partial charge in [-0.3, -0.25) is 0 Å². The summed E-state index contributed by atoms with van der Waals surface area (Å²) in [5.41, 5.74) is 0.670. The second-order valence-electron chi connectivity index (χ2n) is 3.82. The predicted molar refractivity (Wildman–Crippen MR) is 74.5 cm³/mol. The first-order chi connectivity index (χ1) is 10.1. The summed E-state index contributed by atoms with van der Waals surface area (Å²) < 4.78 is 14.8. The third-order valence-corrected chi connectivity index (χ3v) is 2.40. The summed E-state index contributed by atoms with van der Waals surface area (Å²) in [5.74, 6) is -0.202. The second-order valence-corrected chi connectivity index (χ2v) is 3.82. The highest BCUT2D eigenvalue weighted by Gasteiger charge is 2.09. The minimum Gasteiger partial charge on any atom is -0.493 e. The van der Waals surface area contributed by atoms with Crippen molar-refractivity contribution in [3.8, 4) is 11.5 Å². The lowest BCUT2D eigenvalue weighted by Crippen LogP contribution is -2.08. The van der Waals surface area contributed by atoms with Crippen molar-refractivity contribution in [3.05, 3.63) is 23.8 Å². The first kappa shape index (κ1) is 16.5. The van der Waals surface area contributed by atoms with Crippen LogP contribution in [0, 0.1) is 0 Å². The number of hydrogen-bond acceptors (Lipinski definition) is 7. The van der Waals surface area contributed by atoms with E-state index in [1.165, 1.54) is 14.2 Å². The molecule has 0 saturated carbocycles. The quantitative estimate of drug-likeness (QED) is 0.327. The van der Waals surface area contributed by atoms with E-state index in [0.717, 1.165) is 6.21 Å². The molecule has 0 amide bonds. The maximum absolute atomic E-state index is 11.5. The molecular weight excluding hydrogens is 278 g/mol. The predicted octanol–water partition coefficient (Wildman–Crippen LogP) is 1.34. The van der Waals surface area contributed by atoms with Gasteiger partial charge < -0.3 is 19.0 Å². The number of carbonyl (C=O) groups is 2. The molecular formula is C14H17NO6. The molecule has 21 heavy (non-hydrogen) atoms. The van der Waals surface area contributed by atoms with Crippen LogP contribution in [0.3, 0.4) is 0 Å². The fourth-order valence-electron chi connectivity index (χ4n) is 1.50. The molecule has 0 radical (unpaired) electrons. The van der Waals surface area contributed by atoms with E-state index in [4.69, 9.17) is 9.47 Å². The largest absolute Gasteiger partial charge is 0.493 e. The molecule has 0 aliphatic rings. The zero-order chi connectivity index (χ0) is 15.7. The van der Waals surface area contributed by atoms with Crippen molar-refractivity contribution in [2.75, 3.05) is 20.8 Å². The Morgan fingerprint density at radius 2 is 1.90 bits per heavy atom. The van der Waals surface area contributed by atoms with Gasteiger partial charge in [0.2, 0.25) is 0 Å². The van der Waals surface area contributed by atoms with Crippen LogP contribution in [-0.4, -0.2) is 39.0 Å². The number of esters is 1. The van der Waals surface area contributed by atoms with Crippen LogP contribution in [0.25, 0.3) is 0 Å². The molecule has 0 heterocycles. The standard InChI is InChI=1S/C14H17NO6/c1-4-20-14(17)9-15-21-13(16)8-10-5-6-11(18-2)12(7-10)19-3/h5-7,9H,4,8H2,1-3H3/b15-9+. The lowest BCUT2D eigenvalue weighted by molar-refractivity contribution is -0.142. The van der Waals surface area contributed by atoms with Gasteiger partial charge in [-0.15, -0.1) is 0 Å². The highest BCUT2D eigenvalue weighted by molar-refractivity contribution is 6.23. The monoisotopic (exact) mass is 295 g/mol. The molecule has 1 aromatic rings. The smallest absolute Gasteiger partial charge is 0.352 e. The third kappa shape index (κ3) is 5.52. The van der Waals surface area contributed by atoms with Gasteiger partial charge in [-0.1, -0.05) is 11.2 Å². The Morgan fingerprint density at radius 1 is 1.19 bits per heavy atom. The van der Waals surface area contributed by atoms with E-state index in [1.54, 1.807) is 25.1 Å². The summed E-state index contributed by atoms with van der Waals surface area (Å²) in [6, 6.07) is 5.05. The number of benzene rings is 1. The van der Waals surface area contributed by atoms with Crippen molar-refractivity contribution in [3.63, 3.8) is 0 Å². The lowest BCUT2D eigenvalue weighted by Gasteiger charge is -2.08. The summed E-state index contributed by atoms with van der Waals surface area (Å²) in [4.78, 5) is 27.0. The Labute approximate surface area is 122 Å². The summed E-state index contributed by atoms with van der Waals surface area (Å²) >= 11 is 0. The van der Waals surface area contributed by atoms with E-state index in [1.807, 2.05) is 0 Å². The minimum absolute atomic E-state index is 0.0134. The van der Waals surface area contributed by atoms with Crippen molar-refractivity contribution in [2.45, 2.75) is 13.3 Å². The number of hydrogen-bond donors (Lipinski definition) is 0. The van der Waals surface area contributed by atoms with Crippen LogP contribution in [0.1, 0.15) is 12.5 Å². The molecule has 0 aliphatic carbocycles. The molecule has 7 heteroatoms. The van der Waals surface area contributed by atoms with Gasteiger partial charge in [-0.2, -0.15) is 0 Å². The SMILES string of the molecule is CCOC(=O)/C=N/OC(=O)Cc1ccc(OC)c(OC)c1. The van der Waals surface area contributed by atoms with Gasteiger partial charge in [0.05, 0.1) is 27.2 Å². The van der Waals surface area contributed by atoms with E-state index >= 15 is 0 Å². The molecule has 114 valence electrons. The fraction of sp³-hybridized carbons (Fsp3) is 0.357. The average Bonchev–Trinajstić information content (AvgIpc) is 2.47.